The zero-order valence-electron chi connectivity index (χ0n) is 19.4. The highest BCUT2D eigenvalue weighted by Gasteiger charge is 2.81. The summed E-state index contributed by atoms with van der Waals surface area (Å²) >= 11 is 0. The molecule has 4 rings (SSSR count). The maximum absolute atomic E-state index is 12.5. The molecule has 39 heavy (non-hydrogen) atoms. The van der Waals surface area contributed by atoms with E-state index in [0.29, 0.717) is 0 Å². The first-order valence-corrected chi connectivity index (χ1v) is 14.8. The van der Waals surface area contributed by atoms with E-state index in [0.717, 1.165) is 18.5 Å². The highest BCUT2D eigenvalue weighted by molar-refractivity contribution is 7.66. The topological polar surface area (TPSA) is 324 Å². The third kappa shape index (κ3) is 5.96. The third-order valence-electron chi connectivity index (χ3n) is 5.38. The van der Waals surface area contributed by atoms with Gasteiger partial charge in [-0.05, 0) is 0 Å². The van der Waals surface area contributed by atoms with Crippen LogP contribution in [0.4, 0.5) is 5.95 Å². The summed E-state index contributed by atoms with van der Waals surface area (Å²) in [4.78, 5) is 78.6. The molecule has 7 N–H and O–H groups in total. The van der Waals surface area contributed by atoms with Crippen molar-refractivity contribution >= 4 is 52.5 Å². The molecule has 0 aromatic carbocycles. The zero-order valence-corrected chi connectivity index (χ0v) is 22.1. The Labute approximate surface area is 214 Å². The van der Waals surface area contributed by atoms with Crippen LogP contribution in [0, 0.1) is 5.41 Å². The fourth-order valence-electron chi connectivity index (χ4n) is 4.03. The van der Waals surface area contributed by atoms with Gasteiger partial charge in [-0.25, -0.2) is 13.7 Å². The summed E-state index contributed by atoms with van der Waals surface area (Å²) < 4.78 is 64.4. The first kappa shape index (κ1) is 29.4. The number of hydrogen-bond donors (Lipinski definition) is 6. The number of phosphoric ester groups is 1. The van der Waals surface area contributed by atoms with Crippen molar-refractivity contribution in [1.29, 1.82) is 0 Å². The number of ether oxygens (including phenoxy) is 3. The van der Waals surface area contributed by atoms with Crippen LogP contribution in [0.25, 0.3) is 11.2 Å². The van der Waals surface area contributed by atoms with Crippen molar-refractivity contribution in [3.8, 4) is 0 Å². The molecule has 0 spiro atoms. The van der Waals surface area contributed by atoms with Crippen molar-refractivity contribution in [2.45, 2.75) is 38.4 Å². The van der Waals surface area contributed by atoms with Gasteiger partial charge in [-0.2, -0.15) is 18.3 Å². The lowest BCUT2D eigenvalue weighted by Crippen LogP contribution is -2.40. The molecular formula is C14H19N6O16P3. The van der Waals surface area contributed by atoms with Gasteiger partial charge in [0.15, 0.2) is 23.5 Å². The number of carbonyl (C=O) groups is 2. The fourth-order valence-corrected chi connectivity index (χ4v) is 7.28. The molecule has 3 heterocycles. The summed E-state index contributed by atoms with van der Waals surface area (Å²) in [5.74, 6) is -2.09. The Morgan fingerprint density at radius 3 is 2.36 bits per heavy atom. The van der Waals surface area contributed by atoms with Gasteiger partial charge in [0.2, 0.25) is 5.95 Å². The highest BCUT2D eigenvalue weighted by atomic mass is 31.3. The Morgan fingerprint density at radius 2 is 1.77 bits per heavy atom. The van der Waals surface area contributed by atoms with Crippen LogP contribution in [0.5, 0.6) is 0 Å². The van der Waals surface area contributed by atoms with Crippen molar-refractivity contribution in [1.82, 2.24) is 25.0 Å². The molecule has 2 fully saturated rings. The summed E-state index contributed by atoms with van der Waals surface area (Å²) in [6.07, 6.45) is -6.02. The molecule has 1 aliphatic carbocycles. The lowest BCUT2D eigenvalue weighted by molar-refractivity contribution is -0.165. The number of aromatic nitrogens is 5. The van der Waals surface area contributed by atoms with Crippen LogP contribution in [-0.2, 0) is 50.6 Å². The van der Waals surface area contributed by atoms with Gasteiger partial charge in [-0.15, -0.1) is 5.10 Å². The Hall–Kier alpha value is -2.61. The minimum absolute atomic E-state index is 0.216. The molecule has 3 unspecified atom stereocenters. The van der Waals surface area contributed by atoms with Crippen LogP contribution in [0.2, 0.25) is 0 Å². The number of phosphoric acid groups is 3. The van der Waals surface area contributed by atoms with Crippen molar-refractivity contribution in [3.05, 3.63) is 10.4 Å². The monoisotopic (exact) mass is 620 g/mol. The molecule has 2 aliphatic rings. The van der Waals surface area contributed by atoms with E-state index in [1.54, 1.807) is 0 Å². The van der Waals surface area contributed by atoms with Crippen LogP contribution in [-0.4, -0.2) is 81.4 Å². The number of fused-ring (bicyclic) bond motifs is 2. The molecule has 22 nitrogen and oxygen atoms in total. The summed E-state index contributed by atoms with van der Waals surface area (Å²) in [6, 6.07) is 0. The average Bonchev–Trinajstić information content (AvgIpc) is 3.01. The van der Waals surface area contributed by atoms with Crippen molar-refractivity contribution in [2.24, 2.45) is 5.41 Å². The van der Waals surface area contributed by atoms with Crippen LogP contribution in [0.3, 0.4) is 0 Å². The minimum Gasteiger partial charge on any atom is -0.465 e. The molecule has 1 saturated heterocycles. The normalized spacial score (nSPS) is 29.3. The molecule has 0 radical (unpaired) electrons. The van der Waals surface area contributed by atoms with E-state index < -0.39 is 77.5 Å². The van der Waals surface area contributed by atoms with Crippen molar-refractivity contribution in [2.75, 3.05) is 12.3 Å². The zero-order chi connectivity index (χ0) is 29.1. The second-order valence-corrected chi connectivity index (χ2v) is 12.5. The second kappa shape index (κ2) is 9.79. The average molecular weight is 620 g/mol. The first-order valence-electron chi connectivity index (χ1n) is 10.2. The van der Waals surface area contributed by atoms with Gasteiger partial charge in [-0.3, -0.25) is 23.9 Å². The van der Waals surface area contributed by atoms with Gasteiger partial charge in [0.25, 0.3) is 5.56 Å². The van der Waals surface area contributed by atoms with E-state index in [2.05, 4.69) is 28.9 Å². The van der Waals surface area contributed by atoms with Gasteiger partial charge >= 0.3 is 35.4 Å². The Balaban J connectivity index is 1.69. The molecule has 2 aromatic heterocycles. The summed E-state index contributed by atoms with van der Waals surface area (Å²) in [6.45, 7) is 1.33. The number of rotatable bonds is 10. The molecular weight excluding hydrogens is 601 g/mol. The van der Waals surface area contributed by atoms with E-state index >= 15 is 0 Å². The number of hydrogen-bond acceptors (Lipinski definition) is 16. The third-order valence-corrected chi connectivity index (χ3v) is 9.20. The summed E-state index contributed by atoms with van der Waals surface area (Å²) in [5.41, 5.74) is 2.53. The largest absolute Gasteiger partial charge is 0.490 e. The molecule has 0 amide bonds. The number of nitrogen functional groups attached to an aromatic ring is 1. The maximum atomic E-state index is 12.5. The number of nitrogens with zero attached hydrogens (tertiary/aromatic N) is 4. The second-order valence-electron chi connectivity index (χ2n) is 8.14. The highest BCUT2D eigenvalue weighted by Crippen LogP contribution is 2.71. The number of carbonyl (C=O) groups excluding carboxylic acids is 2. The Morgan fingerprint density at radius 1 is 1.10 bits per heavy atom. The van der Waals surface area contributed by atoms with E-state index in [-0.39, 0.29) is 17.1 Å². The number of H-pyrrole nitrogens is 1. The first-order chi connectivity index (χ1) is 17.9. The molecule has 25 heteroatoms. The maximum Gasteiger partial charge on any atom is 0.490 e. The molecule has 7 atom stereocenters. The van der Waals surface area contributed by atoms with Gasteiger partial charge in [-0.1, -0.05) is 5.21 Å². The van der Waals surface area contributed by atoms with Crippen LogP contribution in [0.1, 0.15) is 20.1 Å². The van der Waals surface area contributed by atoms with E-state index in [1.165, 1.54) is 0 Å². The standard InChI is InChI=1S/C14H19N6O16P3/c1-4(21)31-3-14-7(8(14)34-38(27,28)36-39(29,30)35-37(24,25)26)33-12(9(14)32-5(2)22)20-10-6(18-19-20)11(23)17-13(15)16-10/h7-9,12H,3H2,1-2H3,(H,27,28)(H,29,30)(H2,24,25,26)(H3,15,16,17,23)/t7-,8?,9+,12-,14-/m1/s1. The molecule has 1 saturated carbocycles. The number of anilines is 1. The predicted molar refractivity (Wildman–Crippen MR) is 118 cm³/mol. The van der Waals surface area contributed by atoms with Gasteiger partial charge in [0, 0.05) is 13.8 Å². The molecule has 216 valence electrons. The van der Waals surface area contributed by atoms with Crippen molar-refractivity contribution < 1.29 is 70.2 Å². The van der Waals surface area contributed by atoms with Gasteiger partial charge in [0.1, 0.15) is 24.2 Å². The van der Waals surface area contributed by atoms with Crippen LogP contribution in [0.15, 0.2) is 4.79 Å². The number of esters is 2. The minimum atomic E-state index is -5.86. The van der Waals surface area contributed by atoms with E-state index in [9.17, 15) is 37.9 Å². The lowest BCUT2D eigenvalue weighted by atomic mass is 9.99. The molecule has 0 bridgehead atoms. The Kier molecular flexibility index (Phi) is 7.37. The van der Waals surface area contributed by atoms with Crippen molar-refractivity contribution in [3.63, 3.8) is 0 Å². The number of nitrogens with two attached hydrogens (primary N) is 1. The van der Waals surface area contributed by atoms with Gasteiger partial charge < -0.3 is 39.5 Å². The smallest absolute Gasteiger partial charge is 0.465 e. The van der Waals surface area contributed by atoms with E-state index in [1.807, 2.05) is 0 Å². The summed E-state index contributed by atoms with van der Waals surface area (Å²) in [5, 5.41) is 7.45. The fraction of sp³-hybridized carbons (Fsp3) is 0.571. The van der Waals surface area contributed by atoms with Crippen LogP contribution < -0.4 is 11.3 Å². The number of nitrogens with one attached hydrogen (secondary N) is 1. The number of aromatic amines is 1. The predicted octanol–water partition coefficient (Wildman–Crippen LogP) is -1.80. The summed E-state index contributed by atoms with van der Waals surface area (Å²) in [7, 11) is -17.2. The van der Waals surface area contributed by atoms with E-state index in [4.69, 9.17) is 34.3 Å². The lowest BCUT2D eigenvalue weighted by Gasteiger charge is -2.29. The van der Waals surface area contributed by atoms with Gasteiger partial charge in [0.05, 0.1) is 0 Å². The molecule has 1 aliphatic heterocycles. The SMILES string of the molecule is CC(=O)OC[C@]12C(OP(=O)(O)OP(=O)(O)OP(=O)(O)O)[C@H]1O[C@@H](n1nnc3c(=O)[nH]c(N)nc31)[C@@H]2OC(C)=O. The quantitative estimate of drug-likeness (QED) is 0.126. The molecule has 2 aromatic rings. The van der Waals surface area contributed by atoms with Crippen LogP contribution >= 0.6 is 23.5 Å². The Bertz CT molecular complexity index is 1540.